The van der Waals surface area contributed by atoms with Crippen molar-refractivity contribution in [2.75, 3.05) is 0 Å². The van der Waals surface area contributed by atoms with Gasteiger partial charge in [-0.05, 0) is 42.0 Å². The van der Waals surface area contributed by atoms with Gasteiger partial charge in [0.25, 0.3) is 5.91 Å². The zero-order valence-electron chi connectivity index (χ0n) is 16.5. The van der Waals surface area contributed by atoms with Gasteiger partial charge in [-0.1, -0.05) is 66.2 Å². The van der Waals surface area contributed by atoms with Crippen LogP contribution in [0.3, 0.4) is 0 Å². The molecule has 0 radical (unpaired) electrons. The van der Waals surface area contributed by atoms with Crippen LogP contribution >= 0.6 is 11.6 Å². The fourth-order valence-electron chi connectivity index (χ4n) is 2.95. The Bertz CT molecular complexity index is 1200. The molecule has 1 N–H and O–H groups in total. The third-order valence-corrected chi connectivity index (χ3v) is 4.70. The minimum atomic E-state index is -0.374. The zero-order chi connectivity index (χ0) is 21.5. The van der Waals surface area contributed by atoms with Crippen molar-refractivity contribution in [3.8, 4) is 17.1 Å². The van der Waals surface area contributed by atoms with E-state index in [9.17, 15) is 4.79 Å². The molecule has 0 aliphatic carbocycles. The summed E-state index contributed by atoms with van der Waals surface area (Å²) < 4.78 is 11.6. The van der Waals surface area contributed by atoms with Crippen LogP contribution in [0.5, 0.6) is 5.75 Å². The van der Waals surface area contributed by atoms with Crippen LogP contribution in [0.25, 0.3) is 11.3 Å². The Hall–Kier alpha value is -3.83. The first-order valence-corrected chi connectivity index (χ1v) is 10.0. The second-order valence-corrected chi connectivity index (χ2v) is 7.12. The number of benzene rings is 3. The summed E-state index contributed by atoms with van der Waals surface area (Å²) in [6.45, 7) is 0.368. The number of nitrogens with one attached hydrogen (secondary N) is 1. The lowest BCUT2D eigenvalue weighted by Gasteiger charge is -2.10. The van der Waals surface area contributed by atoms with Gasteiger partial charge in [-0.25, -0.2) is 5.43 Å². The molecular formula is C25H19ClN2O3. The van der Waals surface area contributed by atoms with E-state index in [0.717, 1.165) is 11.1 Å². The molecule has 0 aliphatic rings. The number of halogens is 1. The number of rotatable bonds is 7. The molecule has 1 aromatic heterocycles. The summed E-state index contributed by atoms with van der Waals surface area (Å²) in [7, 11) is 0. The van der Waals surface area contributed by atoms with E-state index in [-0.39, 0.29) is 5.91 Å². The van der Waals surface area contributed by atoms with Crippen molar-refractivity contribution in [2.24, 2.45) is 5.10 Å². The molecule has 0 aliphatic heterocycles. The highest BCUT2D eigenvalue weighted by Gasteiger charge is 2.12. The smallest absolute Gasteiger partial charge is 0.275 e. The van der Waals surface area contributed by atoms with Gasteiger partial charge in [0, 0.05) is 10.6 Å². The summed E-state index contributed by atoms with van der Waals surface area (Å²) in [5.74, 6) is 1.28. The summed E-state index contributed by atoms with van der Waals surface area (Å²) in [6.07, 6.45) is 1.44. The van der Waals surface area contributed by atoms with E-state index in [1.54, 1.807) is 30.3 Å². The molecule has 1 amide bonds. The Morgan fingerprint density at radius 3 is 2.61 bits per heavy atom. The van der Waals surface area contributed by atoms with Gasteiger partial charge in [0.05, 0.1) is 11.8 Å². The monoisotopic (exact) mass is 430 g/mol. The van der Waals surface area contributed by atoms with Crippen LogP contribution in [0.1, 0.15) is 21.7 Å². The number of carbonyl (C=O) groups is 1. The molecule has 0 spiro atoms. The minimum absolute atomic E-state index is 0.368. The van der Waals surface area contributed by atoms with E-state index in [4.69, 9.17) is 20.8 Å². The average Bonchev–Trinajstić information content (AvgIpc) is 3.27. The number of hydrogen-bond donors (Lipinski definition) is 1. The topological polar surface area (TPSA) is 63.8 Å². The van der Waals surface area contributed by atoms with Crippen molar-refractivity contribution in [1.29, 1.82) is 0 Å². The molecule has 6 heteroatoms. The first-order valence-electron chi connectivity index (χ1n) is 9.64. The Morgan fingerprint density at radius 1 is 0.968 bits per heavy atom. The second-order valence-electron chi connectivity index (χ2n) is 6.68. The highest BCUT2D eigenvalue weighted by Crippen LogP contribution is 2.24. The third kappa shape index (κ3) is 5.41. The van der Waals surface area contributed by atoms with Crippen molar-refractivity contribution in [3.63, 3.8) is 0 Å². The van der Waals surface area contributed by atoms with Crippen LogP contribution in [0.4, 0.5) is 0 Å². The highest BCUT2D eigenvalue weighted by molar-refractivity contribution is 6.30. The predicted molar refractivity (Wildman–Crippen MR) is 121 cm³/mol. The van der Waals surface area contributed by atoms with Crippen LogP contribution in [-0.2, 0) is 6.61 Å². The van der Waals surface area contributed by atoms with Crippen LogP contribution in [0.2, 0.25) is 5.02 Å². The molecule has 154 valence electrons. The van der Waals surface area contributed by atoms with Gasteiger partial charge < -0.3 is 9.15 Å². The van der Waals surface area contributed by atoms with Gasteiger partial charge in [-0.2, -0.15) is 5.10 Å². The molecular weight excluding hydrogens is 412 g/mol. The Labute approximate surface area is 184 Å². The molecule has 0 fully saturated rings. The molecule has 4 aromatic rings. The number of hydrazone groups is 1. The van der Waals surface area contributed by atoms with Crippen LogP contribution in [0.15, 0.2) is 101 Å². The SMILES string of the molecule is O=C(N/N=C/c1ccc(-c2cccc(Cl)c2)o1)c1ccccc1OCc1ccccc1. The van der Waals surface area contributed by atoms with E-state index >= 15 is 0 Å². The number of furan rings is 1. The predicted octanol–water partition coefficient (Wildman–Crippen LogP) is 5.94. The maximum Gasteiger partial charge on any atom is 0.275 e. The van der Waals surface area contributed by atoms with Gasteiger partial charge in [0.2, 0.25) is 0 Å². The van der Waals surface area contributed by atoms with Crippen LogP contribution in [0, 0.1) is 0 Å². The number of nitrogens with zero attached hydrogens (tertiary/aromatic N) is 1. The van der Waals surface area contributed by atoms with Gasteiger partial charge in [0.1, 0.15) is 23.9 Å². The molecule has 31 heavy (non-hydrogen) atoms. The van der Waals surface area contributed by atoms with E-state index in [1.807, 2.05) is 60.7 Å². The van der Waals surface area contributed by atoms with Crippen LogP contribution in [-0.4, -0.2) is 12.1 Å². The zero-order valence-corrected chi connectivity index (χ0v) is 17.3. The standard InChI is InChI=1S/C25H19ClN2O3/c26-20-10-6-9-19(15-20)23-14-13-21(31-23)16-27-28-25(29)22-11-4-5-12-24(22)30-17-18-7-2-1-3-8-18/h1-16H,17H2,(H,28,29)/b27-16+. The van der Waals surface area contributed by atoms with Gasteiger partial charge in [-0.15, -0.1) is 0 Å². The lowest BCUT2D eigenvalue weighted by atomic mass is 10.2. The first-order chi connectivity index (χ1) is 15.2. The highest BCUT2D eigenvalue weighted by atomic mass is 35.5. The fourth-order valence-corrected chi connectivity index (χ4v) is 3.14. The van der Waals surface area contributed by atoms with Crippen molar-refractivity contribution >= 4 is 23.7 Å². The molecule has 1 heterocycles. The first kappa shape index (κ1) is 20.4. The van der Waals surface area contributed by atoms with Crippen molar-refractivity contribution in [1.82, 2.24) is 5.43 Å². The molecule has 0 atom stereocenters. The number of ether oxygens (including phenoxy) is 1. The number of amides is 1. The van der Waals surface area contributed by atoms with Gasteiger partial charge in [-0.3, -0.25) is 4.79 Å². The molecule has 0 unspecified atom stereocenters. The van der Waals surface area contributed by atoms with Gasteiger partial charge >= 0.3 is 0 Å². The molecule has 0 bridgehead atoms. The molecule has 4 rings (SSSR count). The van der Waals surface area contributed by atoms with E-state index in [0.29, 0.717) is 34.5 Å². The number of carbonyl (C=O) groups excluding carboxylic acids is 1. The summed E-state index contributed by atoms with van der Waals surface area (Å²) in [4.78, 5) is 12.6. The van der Waals surface area contributed by atoms with E-state index < -0.39 is 0 Å². The van der Waals surface area contributed by atoms with Gasteiger partial charge in [0.15, 0.2) is 0 Å². The lowest BCUT2D eigenvalue weighted by molar-refractivity contribution is 0.0950. The van der Waals surface area contributed by atoms with Crippen molar-refractivity contribution in [2.45, 2.75) is 6.61 Å². The van der Waals surface area contributed by atoms with Crippen LogP contribution < -0.4 is 10.2 Å². The quantitative estimate of drug-likeness (QED) is 0.291. The third-order valence-electron chi connectivity index (χ3n) is 4.46. The molecule has 5 nitrogen and oxygen atoms in total. The minimum Gasteiger partial charge on any atom is -0.488 e. The maximum atomic E-state index is 12.6. The summed E-state index contributed by atoms with van der Waals surface area (Å²) in [6, 6.07) is 27.8. The fraction of sp³-hybridized carbons (Fsp3) is 0.0400. The second kappa shape index (κ2) is 9.78. The Kier molecular flexibility index (Phi) is 6.45. The number of hydrogen-bond acceptors (Lipinski definition) is 4. The molecule has 0 saturated carbocycles. The van der Waals surface area contributed by atoms with E-state index in [1.165, 1.54) is 6.21 Å². The normalized spacial score (nSPS) is 10.9. The molecule has 3 aromatic carbocycles. The average molecular weight is 431 g/mol. The summed E-state index contributed by atoms with van der Waals surface area (Å²) in [5.41, 5.74) is 4.79. The lowest BCUT2D eigenvalue weighted by Crippen LogP contribution is -2.18. The van der Waals surface area contributed by atoms with E-state index in [2.05, 4.69) is 10.5 Å². The molecule has 0 saturated heterocycles. The Morgan fingerprint density at radius 2 is 1.77 bits per heavy atom. The Balaban J connectivity index is 1.39. The number of para-hydroxylation sites is 1. The largest absolute Gasteiger partial charge is 0.488 e. The summed E-state index contributed by atoms with van der Waals surface area (Å²) >= 11 is 6.02. The van der Waals surface area contributed by atoms with Crippen molar-refractivity contribution in [3.05, 3.63) is 113 Å². The maximum absolute atomic E-state index is 12.6. The summed E-state index contributed by atoms with van der Waals surface area (Å²) in [5, 5.41) is 4.63. The van der Waals surface area contributed by atoms with Crippen molar-refractivity contribution < 1.29 is 13.9 Å².